The molecule has 3 aliphatic heterocycles. The van der Waals surface area contributed by atoms with Crippen LogP contribution in [0, 0.1) is 25.7 Å². The SMILES string of the molecule is CCOC(=O)C1C2COc3ccc(C)cc3C2N2C(=O)c3cc(C)ccc3NC(=O)[C@@]12C. The second-order valence-corrected chi connectivity index (χ2v) is 9.02. The van der Waals surface area contributed by atoms with Gasteiger partial charge in [-0.3, -0.25) is 14.4 Å². The van der Waals surface area contributed by atoms with E-state index in [9.17, 15) is 14.4 Å². The van der Waals surface area contributed by atoms with E-state index < -0.39 is 35.3 Å². The molecule has 2 aromatic carbocycles. The second kappa shape index (κ2) is 7.08. The minimum atomic E-state index is -1.43. The topological polar surface area (TPSA) is 84.9 Å². The van der Waals surface area contributed by atoms with E-state index in [0.717, 1.165) is 16.7 Å². The van der Waals surface area contributed by atoms with Gasteiger partial charge in [0.25, 0.3) is 11.8 Å². The van der Waals surface area contributed by atoms with Gasteiger partial charge in [-0.15, -0.1) is 0 Å². The first kappa shape index (κ1) is 20.5. The van der Waals surface area contributed by atoms with Crippen molar-refractivity contribution < 1.29 is 23.9 Å². The Morgan fingerprint density at radius 1 is 1.19 bits per heavy atom. The minimum absolute atomic E-state index is 0.189. The summed E-state index contributed by atoms with van der Waals surface area (Å²) in [5.74, 6) is -1.76. The highest BCUT2D eigenvalue weighted by atomic mass is 16.5. The lowest BCUT2D eigenvalue weighted by Gasteiger charge is -2.38. The summed E-state index contributed by atoms with van der Waals surface area (Å²) in [6, 6.07) is 10.7. The number of aryl methyl sites for hydroxylation is 2. The maximum absolute atomic E-state index is 14.0. The molecule has 3 unspecified atom stereocenters. The van der Waals surface area contributed by atoms with Gasteiger partial charge in [0, 0.05) is 11.5 Å². The summed E-state index contributed by atoms with van der Waals surface area (Å²) >= 11 is 0. The molecule has 2 amide bonds. The fraction of sp³-hybridized carbons (Fsp3) is 0.400. The molecule has 7 nitrogen and oxygen atoms in total. The summed E-state index contributed by atoms with van der Waals surface area (Å²) in [4.78, 5) is 42.6. The average Bonchev–Trinajstić information content (AvgIpc) is 3.00. The fourth-order valence-electron chi connectivity index (χ4n) is 5.55. The van der Waals surface area contributed by atoms with Crippen molar-refractivity contribution in [3.63, 3.8) is 0 Å². The van der Waals surface area contributed by atoms with Crippen LogP contribution in [0.4, 0.5) is 5.69 Å². The third-order valence-corrected chi connectivity index (χ3v) is 7.01. The van der Waals surface area contributed by atoms with Crippen molar-refractivity contribution >= 4 is 23.5 Å². The molecule has 5 rings (SSSR count). The van der Waals surface area contributed by atoms with Crippen LogP contribution in [0.25, 0.3) is 0 Å². The van der Waals surface area contributed by atoms with Gasteiger partial charge in [0.15, 0.2) is 0 Å². The smallest absolute Gasteiger partial charge is 0.312 e. The molecule has 0 aromatic heterocycles. The lowest BCUT2D eigenvalue weighted by Crippen LogP contribution is -2.57. The number of amides is 2. The predicted octanol–water partition coefficient (Wildman–Crippen LogP) is 3.40. The van der Waals surface area contributed by atoms with E-state index in [-0.39, 0.29) is 19.1 Å². The van der Waals surface area contributed by atoms with Crippen molar-refractivity contribution in [1.82, 2.24) is 4.90 Å². The molecule has 3 aliphatic rings. The van der Waals surface area contributed by atoms with Crippen molar-refractivity contribution in [1.29, 1.82) is 0 Å². The van der Waals surface area contributed by atoms with Crippen molar-refractivity contribution in [2.75, 3.05) is 18.5 Å². The predicted molar refractivity (Wildman–Crippen MR) is 117 cm³/mol. The van der Waals surface area contributed by atoms with E-state index in [0.29, 0.717) is 17.0 Å². The van der Waals surface area contributed by atoms with Gasteiger partial charge in [0.2, 0.25) is 0 Å². The highest BCUT2D eigenvalue weighted by Gasteiger charge is 2.67. The van der Waals surface area contributed by atoms with Crippen molar-refractivity contribution in [3.05, 3.63) is 58.7 Å². The fourth-order valence-corrected chi connectivity index (χ4v) is 5.55. The standard InChI is InChI=1S/C25H26N2O5/c1-5-31-23(29)20-17-12-32-19-9-7-14(3)11-16(19)21(17)27-22(28)15-10-13(2)6-8-18(15)26-24(30)25(20,27)4/h6-11,17,20-21H,5,12H2,1-4H3,(H,26,30)/t17?,20?,21?,25-/m1/s1. The Labute approximate surface area is 186 Å². The number of rotatable bonds is 2. The van der Waals surface area contributed by atoms with Crippen molar-refractivity contribution in [2.45, 2.75) is 39.3 Å². The summed E-state index contributed by atoms with van der Waals surface area (Å²) in [6.07, 6.45) is 0. The van der Waals surface area contributed by atoms with E-state index in [1.54, 1.807) is 30.9 Å². The quantitative estimate of drug-likeness (QED) is 0.733. The summed E-state index contributed by atoms with van der Waals surface area (Å²) < 4.78 is 11.4. The largest absolute Gasteiger partial charge is 0.493 e. The van der Waals surface area contributed by atoms with E-state index >= 15 is 0 Å². The van der Waals surface area contributed by atoms with E-state index in [1.165, 1.54) is 0 Å². The van der Waals surface area contributed by atoms with E-state index in [1.807, 2.05) is 38.1 Å². The number of hydrogen-bond acceptors (Lipinski definition) is 5. The van der Waals surface area contributed by atoms with Crippen LogP contribution in [-0.2, 0) is 14.3 Å². The maximum Gasteiger partial charge on any atom is 0.312 e. The van der Waals surface area contributed by atoms with E-state index in [4.69, 9.17) is 9.47 Å². The lowest BCUT2D eigenvalue weighted by molar-refractivity contribution is -0.155. The van der Waals surface area contributed by atoms with E-state index in [2.05, 4.69) is 5.32 Å². The van der Waals surface area contributed by atoms with Gasteiger partial charge in [-0.05, 0) is 45.9 Å². The number of esters is 1. The van der Waals surface area contributed by atoms with Gasteiger partial charge in [-0.2, -0.15) is 0 Å². The van der Waals surface area contributed by atoms with Crippen LogP contribution < -0.4 is 10.1 Å². The number of fused-ring (bicyclic) bond motifs is 6. The van der Waals surface area contributed by atoms with Gasteiger partial charge in [-0.1, -0.05) is 29.3 Å². The van der Waals surface area contributed by atoms with Crippen molar-refractivity contribution in [2.24, 2.45) is 11.8 Å². The average molecular weight is 434 g/mol. The number of benzene rings is 2. The van der Waals surface area contributed by atoms with Gasteiger partial charge in [0.05, 0.1) is 36.4 Å². The third-order valence-electron chi connectivity index (χ3n) is 7.01. The molecule has 0 saturated carbocycles. The number of ether oxygens (including phenoxy) is 2. The Morgan fingerprint density at radius 2 is 1.91 bits per heavy atom. The number of nitrogens with zero attached hydrogens (tertiary/aromatic N) is 1. The molecule has 0 radical (unpaired) electrons. The highest BCUT2D eigenvalue weighted by molar-refractivity contribution is 6.13. The first-order chi connectivity index (χ1) is 15.3. The molecule has 166 valence electrons. The Kier molecular flexibility index (Phi) is 4.55. The maximum atomic E-state index is 14.0. The number of nitrogens with one attached hydrogen (secondary N) is 1. The molecule has 3 heterocycles. The Bertz CT molecular complexity index is 1160. The van der Waals surface area contributed by atoms with Crippen LogP contribution in [0.1, 0.15) is 46.9 Å². The van der Waals surface area contributed by atoms with Crippen LogP contribution in [0.5, 0.6) is 5.75 Å². The van der Waals surface area contributed by atoms with Gasteiger partial charge >= 0.3 is 5.97 Å². The first-order valence-corrected chi connectivity index (χ1v) is 10.9. The molecule has 1 fully saturated rings. The van der Waals surface area contributed by atoms with Crippen LogP contribution >= 0.6 is 0 Å². The number of hydrogen-bond donors (Lipinski definition) is 1. The van der Waals surface area contributed by atoms with Crippen molar-refractivity contribution in [3.8, 4) is 5.75 Å². The summed E-state index contributed by atoms with van der Waals surface area (Å²) in [6.45, 7) is 7.69. The van der Waals surface area contributed by atoms with Crippen LogP contribution in [0.2, 0.25) is 0 Å². The zero-order valence-corrected chi connectivity index (χ0v) is 18.6. The first-order valence-electron chi connectivity index (χ1n) is 10.9. The van der Waals surface area contributed by atoms with Crippen LogP contribution in [0.3, 0.4) is 0 Å². The van der Waals surface area contributed by atoms with Gasteiger partial charge in [0.1, 0.15) is 11.3 Å². The summed E-state index contributed by atoms with van der Waals surface area (Å²) in [7, 11) is 0. The highest BCUT2D eigenvalue weighted by Crippen LogP contribution is 2.56. The lowest BCUT2D eigenvalue weighted by atomic mass is 9.77. The normalized spacial score (nSPS) is 27.9. The molecule has 1 N–H and O–H groups in total. The molecule has 0 aliphatic carbocycles. The second-order valence-electron chi connectivity index (χ2n) is 9.02. The minimum Gasteiger partial charge on any atom is -0.493 e. The number of anilines is 1. The molecule has 0 spiro atoms. The molecule has 7 heteroatoms. The van der Waals surface area contributed by atoms with Crippen LogP contribution in [-0.4, -0.2) is 41.4 Å². The molecule has 1 saturated heterocycles. The molecule has 2 aromatic rings. The van der Waals surface area contributed by atoms with Gasteiger partial charge < -0.3 is 19.7 Å². The number of carbonyl (C=O) groups excluding carboxylic acids is 3. The molecule has 32 heavy (non-hydrogen) atoms. The Hall–Kier alpha value is -3.35. The molecule has 4 atom stereocenters. The molecular formula is C25H26N2O5. The Balaban J connectivity index is 1.77. The van der Waals surface area contributed by atoms with Crippen LogP contribution in [0.15, 0.2) is 36.4 Å². The molecular weight excluding hydrogens is 408 g/mol. The summed E-state index contributed by atoms with van der Waals surface area (Å²) in [5, 5.41) is 2.91. The Morgan fingerprint density at radius 3 is 2.66 bits per heavy atom. The molecule has 0 bridgehead atoms. The summed E-state index contributed by atoms with van der Waals surface area (Å²) in [5.41, 5.74) is 2.19. The third kappa shape index (κ3) is 2.70. The van der Waals surface area contributed by atoms with Gasteiger partial charge in [-0.25, -0.2) is 0 Å². The zero-order chi connectivity index (χ0) is 22.8. The number of carbonyl (C=O) groups is 3. The monoisotopic (exact) mass is 434 g/mol. The zero-order valence-electron chi connectivity index (χ0n) is 18.6.